The summed E-state index contributed by atoms with van der Waals surface area (Å²) >= 11 is 0. The number of ether oxygens (including phenoxy) is 1. The highest BCUT2D eigenvalue weighted by molar-refractivity contribution is 6.37. The summed E-state index contributed by atoms with van der Waals surface area (Å²) in [4.78, 5) is 31.4. The number of aryl methyl sites for hydroxylation is 1. The molecule has 0 radical (unpaired) electrons. The molecule has 1 fully saturated rings. The molecule has 4 aromatic rings. The average Bonchev–Trinajstić information content (AvgIpc) is 3.61. The predicted octanol–water partition coefficient (Wildman–Crippen LogP) is -0.111. The lowest BCUT2D eigenvalue weighted by atomic mass is 9.94. The molecule has 6 rings (SSSR count). The van der Waals surface area contributed by atoms with Crippen molar-refractivity contribution in [2.45, 2.75) is 57.0 Å². The van der Waals surface area contributed by atoms with Gasteiger partial charge in [-0.3, -0.25) is 9.59 Å². The van der Waals surface area contributed by atoms with Crippen LogP contribution in [-0.2, 0) is 11.2 Å². The Morgan fingerprint density at radius 3 is 2.31 bits per heavy atom. The second-order valence-electron chi connectivity index (χ2n) is 11.3. The summed E-state index contributed by atoms with van der Waals surface area (Å²) in [5.74, 6) is -1.80. The van der Waals surface area contributed by atoms with Crippen molar-refractivity contribution in [3.05, 3.63) is 46.3 Å². The van der Waals surface area contributed by atoms with E-state index in [-0.39, 0.29) is 39.1 Å². The first-order chi connectivity index (χ1) is 21.5. The van der Waals surface area contributed by atoms with Gasteiger partial charge in [0.2, 0.25) is 0 Å². The number of carbonyl (C=O) groups excluding carboxylic acids is 2. The van der Waals surface area contributed by atoms with Crippen LogP contribution in [0.4, 0.5) is 0 Å². The molecule has 0 unspecified atom stereocenters. The van der Waals surface area contributed by atoms with Gasteiger partial charge in [-0.25, -0.2) is 10.4 Å². The molecule has 2 amide bonds. The highest BCUT2D eigenvalue weighted by Gasteiger charge is 2.47. The second-order valence-corrected chi connectivity index (χ2v) is 11.3. The van der Waals surface area contributed by atoms with Crippen LogP contribution in [0.2, 0.25) is 0 Å². The molecule has 45 heavy (non-hydrogen) atoms. The van der Waals surface area contributed by atoms with Gasteiger partial charge < -0.3 is 55.1 Å². The van der Waals surface area contributed by atoms with Gasteiger partial charge in [-0.2, -0.15) is 0 Å². The Kier molecular flexibility index (Phi) is 7.83. The third-order valence-electron chi connectivity index (χ3n) is 8.53. The molecule has 1 saturated heterocycles. The van der Waals surface area contributed by atoms with Crippen LogP contribution in [0.15, 0.2) is 24.0 Å². The summed E-state index contributed by atoms with van der Waals surface area (Å²) in [6, 6.07) is 3.19. The number of phenolic OH excluding ortho intramolecular Hbond substituents is 1. The molecule has 5 atom stereocenters. The number of aliphatic hydroxyl groups excluding tert-OH is 7. The fourth-order valence-electron chi connectivity index (χ4n) is 6.50. The van der Waals surface area contributed by atoms with E-state index in [1.165, 1.54) is 35.8 Å². The monoisotopic (exact) mass is 626 g/mol. The van der Waals surface area contributed by atoms with Gasteiger partial charge >= 0.3 is 0 Å². The standard InChI is InChI=1S/C30H34N4O11/c1-3-14-16(6-11(2)38)31-23-19(14)21-22(29(44)34(28(21)43)32-12(8-35)9-36)20-15-5-4-13(39)7-17(15)33(24(20)23)30-27(42)26(41)25(40)18(10-37)45-30/h4-7,12,18,25-27,30-32,35-42H,3,8-10H2,1-2H3/b11-6+/t18-,25-,26+,27-,30-/m0/s1. The highest BCUT2D eigenvalue weighted by Crippen LogP contribution is 2.47. The maximum atomic E-state index is 14.1. The Bertz CT molecular complexity index is 1870. The van der Waals surface area contributed by atoms with Crippen LogP contribution in [0, 0.1) is 0 Å². The van der Waals surface area contributed by atoms with Gasteiger partial charge in [-0.15, -0.1) is 0 Å². The molecule has 2 aromatic heterocycles. The van der Waals surface area contributed by atoms with Gasteiger partial charge in [0.05, 0.1) is 59.3 Å². The molecule has 0 saturated carbocycles. The number of carbonyl (C=O) groups is 2. The first-order valence-corrected chi connectivity index (χ1v) is 14.4. The first-order valence-electron chi connectivity index (χ1n) is 14.4. The van der Waals surface area contributed by atoms with Crippen LogP contribution in [0.1, 0.15) is 52.0 Å². The van der Waals surface area contributed by atoms with Crippen molar-refractivity contribution in [2.24, 2.45) is 0 Å². The largest absolute Gasteiger partial charge is 0.513 e. The SMILES string of the molecule is CCc1c(/C=C(\C)O)[nH]c2c1c1c(c3c4ccc(O)cc4n([C@H]4O[C@@H](CO)[C@H](O)[C@@H](O)[C@@H]4O)c23)C(=O)N(NC(CO)CO)C1=O. The lowest BCUT2D eigenvalue weighted by molar-refractivity contribution is -0.249. The number of benzene rings is 2. The van der Waals surface area contributed by atoms with Crippen LogP contribution in [0.25, 0.3) is 38.8 Å². The number of nitrogens with zero attached hydrogens (tertiary/aromatic N) is 2. The molecule has 0 bridgehead atoms. The number of nitrogens with one attached hydrogen (secondary N) is 2. The number of aromatic amines is 1. The number of phenols is 1. The lowest BCUT2D eigenvalue weighted by Crippen LogP contribution is -2.56. The minimum Gasteiger partial charge on any atom is -0.513 e. The number of aromatic nitrogens is 2. The maximum Gasteiger partial charge on any atom is 0.276 e. The van der Waals surface area contributed by atoms with Gasteiger partial charge in [0.25, 0.3) is 11.8 Å². The Hall–Kier alpha value is -4.06. The molecule has 2 aliphatic rings. The normalized spacial score (nSPS) is 24.2. The minimum atomic E-state index is -1.75. The zero-order valence-electron chi connectivity index (χ0n) is 24.3. The highest BCUT2D eigenvalue weighted by atomic mass is 16.6. The Labute approximate surface area is 254 Å². The molecule has 240 valence electrons. The number of H-pyrrole nitrogens is 1. The zero-order valence-corrected chi connectivity index (χ0v) is 24.3. The van der Waals surface area contributed by atoms with Gasteiger partial charge in [0.15, 0.2) is 6.23 Å². The zero-order chi connectivity index (χ0) is 32.5. The van der Waals surface area contributed by atoms with Crippen LogP contribution in [0.5, 0.6) is 5.75 Å². The summed E-state index contributed by atoms with van der Waals surface area (Å²) in [5.41, 5.74) is 4.29. The van der Waals surface area contributed by atoms with E-state index >= 15 is 0 Å². The van der Waals surface area contributed by atoms with Crippen molar-refractivity contribution in [3.63, 3.8) is 0 Å². The Morgan fingerprint density at radius 2 is 1.71 bits per heavy atom. The lowest BCUT2D eigenvalue weighted by Gasteiger charge is -2.41. The number of hydrazine groups is 1. The van der Waals surface area contributed by atoms with Gasteiger partial charge in [-0.1, -0.05) is 6.92 Å². The summed E-state index contributed by atoms with van der Waals surface area (Å²) in [6.45, 7) is 1.41. The minimum absolute atomic E-state index is 0.00824. The second kappa shape index (κ2) is 11.4. The first kappa shape index (κ1) is 30.9. The molecule has 15 nitrogen and oxygen atoms in total. The Morgan fingerprint density at radius 1 is 1.04 bits per heavy atom. The number of hydrogen-bond acceptors (Lipinski definition) is 12. The van der Waals surface area contributed by atoms with Crippen molar-refractivity contribution in [2.75, 3.05) is 19.8 Å². The third-order valence-corrected chi connectivity index (χ3v) is 8.53. The van der Waals surface area contributed by atoms with Crippen molar-refractivity contribution >= 4 is 50.6 Å². The molecule has 2 aliphatic heterocycles. The molecule has 4 heterocycles. The molecule has 0 aliphatic carbocycles. The summed E-state index contributed by atoms with van der Waals surface area (Å²) in [5, 5.41) is 84.0. The topological polar surface area (TPSA) is 241 Å². The van der Waals surface area contributed by atoms with E-state index in [0.717, 1.165) is 5.01 Å². The van der Waals surface area contributed by atoms with E-state index in [0.29, 0.717) is 34.0 Å². The molecule has 15 heteroatoms. The average molecular weight is 627 g/mol. The smallest absolute Gasteiger partial charge is 0.276 e. The van der Waals surface area contributed by atoms with E-state index in [1.807, 2.05) is 6.92 Å². The van der Waals surface area contributed by atoms with Crippen molar-refractivity contribution in [1.29, 1.82) is 0 Å². The molecule has 0 spiro atoms. The van der Waals surface area contributed by atoms with Crippen LogP contribution in [-0.4, -0.2) is 118 Å². The number of amides is 2. The summed E-state index contributed by atoms with van der Waals surface area (Å²) < 4.78 is 7.39. The fraction of sp³-hybridized carbons (Fsp3) is 0.400. The Balaban J connectivity index is 1.80. The van der Waals surface area contributed by atoms with Crippen molar-refractivity contribution < 1.29 is 55.2 Å². The summed E-state index contributed by atoms with van der Waals surface area (Å²) in [6.07, 6.45) is -6.12. The summed E-state index contributed by atoms with van der Waals surface area (Å²) in [7, 11) is 0. The van der Waals surface area contributed by atoms with Crippen LogP contribution < -0.4 is 5.43 Å². The number of fused-ring (bicyclic) bond motifs is 8. The third kappa shape index (κ3) is 4.51. The van der Waals surface area contributed by atoms with Crippen LogP contribution >= 0.6 is 0 Å². The van der Waals surface area contributed by atoms with Crippen LogP contribution in [0.3, 0.4) is 0 Å². The molecular weight excluding hydrogens is 592 g/mol. The number of hydrogen-bond donors (Lipinski definition) is 10. The predicted molar refractivity (Wildman–Crippen MR) is 159 cm³/mol. The van der Waals surface area contributed by atoms with E-state index in [2.05, 4.69) is 10.4 Å². The van der Waals surface area contributed by atoms with Gasteiger partial charge in [0.1, 0.15) is 30.2 Å². The number of imide groups is 1. The van der Waals surface area contributed by atoms with Crippen molar-refractivity contribution in [1.82, 2.24) is 20.0 Å². The number of aliphatic hydroxyl groups is 7. The molecule has 10 N–H and O–H groups in total. The van der Waals surface area contributed by atoms with E-state index in [4.69, 9.17) is 4.74 Å². The van der Waals surface area contributed by atoms with Crippen molar-refractivity contribution in [3.8, 4) is 5.75 Å². The van der Waals surface area contributed by atoms with E-state index < -0.39 is 68.3 Å². The molecular formula is C30H34N4O11. The number of aromatic hydroxyl groups is 1. The maximum absolute atomic E-state index is 14.1. The molecule has 2 aromatic carbocycles. The fourth-order valence-corrected chi connectivity index (χ4v) is 6.50. The number of rotatable bonds is 8. The quantitative estimate of drug-likeness (QED) is 0.0910. The van der Waals surface area contributed by atoms with E-state index in [1.54, 1.807) is 0 Å². The van der Waals surface area contributed by atoms with E-state index in [9.17, 15) is 50.4 Å². The van der Waals surface area contributed by atoms with Gasteiger partial charge in [-0.05, 0) is 37.1 Å². The number of allylic oxidation sites excluding steroid dienone is 1. The van der Waals surface area contributed by atoms with Gasteiger partial charge in [0, 0.05) is 27.9 Å².